The SMILES string of the molecule is O=C(CC1CCCO1)c1cnn(-c2ccccc2)c1. The van der Waals surface area contributed by atoms with Crippen molar-refractivity contribution in [3.05, 3.63) is 48.3 Å². The highest BCUT2D eigenvalue weighted by atomic mass is 16.5. The van der Waals surface area contributed by atoms with Gasteiger partial charge in [0.05, 0.1) is 23.6 Å². The second-order valence-corrected chi connectivity index (χ2v) is 4.77. The van der Waals surface area contributed by atoms with Gasteiger partial charge >= 0.3 is 0 Å². The zero-order chi connectivity index (χ0) is 13.1. The monoisotopic (exact) mass is 256 g/mol. The quantitative estimate of drug-likeness (QED) is 0.790. The summed E-state index contributed by atoms with van der Waals surface area (Å²) in [7, 11) is 0. The fourth-order valence-corrected chi connectivity index (χ4v) is 2.32. The summed E-state index contributed by atoms with van der Waals surface area (Å²) >= 11 is 0. The fraction of sp³-hybridized carbons (Fsp3) is 0.333. The van der Waals surface area contributed by atoms with Crippen LogP contribution in [-0.2, 0) is 4.74 Å². The Morgan fingerprint density at radius 2 is 2.21 bits per heavy atom. The lowest BCUT2D eigenvalue weighted by molar-refractivity contribution is 0.0775. The highest BCUT2D eigenvalue weighted by Crippen LogP contribution is 2.18. The van der Waals surface area contributed by atoms with Crippen molar-refractivity contribution in [1.29, 1.82) is 0 Å². The highest BCUT2D eigenvalue weighted by molar-refractivity contribution is 5.96. The first-order valence-corrected chi connectivity index (χ1v) is 6.58. The Kier molecular flexibility index (Phi) is 3.42. The molecule has 1 aliphatic rings. The third-order valence-electron chi connectivity index (χ3n) is 3.36. The van der Waals surface area contributed by atoms with Crippen molar-refractivity contribution >= 4 is 5.78 Å². The lowest BCUT2D eigenvalue weighted by Gasteiger charge is -2.06. The molecule has 2 aromatic rings. The Labute approximate surface area is 112 Å². The normalized spacial score (nSPS) is 18.6. The second-order valence-electron chi connectivity index (χ2n) is 4.77. The van der Waals surface area contributed by atoms with Crippen LogP contribution in [0.25, 0.3) is 5.69 Å². The molecule has 0 spiro atoms. The van der Waals surface area contributed by atoms with Crippen molar-refractivity contribution in [2.24, 2.45) is 0 Å². The first kappa shape index (κ1) is 12.1. The van der Waals surface area contributed by atoms with Gasteiger partial charge in [0.1, 0.15) is 0 Å². The van der Waals surface area contributed by atoms with Crippen molar-refractivity contribution in [2.75, 3.05) is 6.61 Å². The Balaban J connectivity index is 1.72. The molecular weight excluding hydrogens is 240 g/mol. The predicted molar refractivity (Wildman–Crippen MR) is 71.5 cm³/mol. The van der Waals surface area contributed by atoms with Crippen LogP contribution in [0.5, 0.6) is 0 Å². The third kappa shape index (κ3) is 2.74. The molecule has 0 radical (unpaired) electrons. The Hall–Kier alpha value is -1.94. The number of Topliss-reactive ketones (excluding diaryl/α,β-unsaturated/α-hetero) is 1. The van der Waals surface area contributed by atoms with E-state index in [-0.39, 0.29) is 11.9 Å². The standard InChI is InChI=1S/C15H16N2O2/c18-15(9-14-7-4-8-19-14)12-10-16-17(11-12)13-5-2-1-3-6-13/h1-3,5-6,10-11,14H,4,7-9H2. The number of benzene rings is 1. The predicted octanol–water partition coefficient (Wildman–Crippen LogP) is 2.62. The maximum atomic E-state index is 12.1. The lowest BCUT2D eigenvalue weighted by Crippen LogP contribution is -2.12. The van der Waals surface area contributed by atoms with Gasteiger partial charge in [-0.25, -0.2) is 4.68 Å². The molecule has 0 saturated carbocycles. The average molecular weight is 256 g/mol. The summed E-state index contributed by atoms with van der Waals surface area (Å²) in [5.74, 6) is 0.106. The van der Waals surface area contributed by atoms with Crippen LogP contribution in [0.15, 0.2) is 42.7 Å². The third-order valence-corrected chi connectivity index (χ3v) is 3.36. The summed E-state index contributed by atoms with van der Waals surface area (Å²) in [6.45, 7) is 0.779. The minimum absolute atomic E-state index is 0.0903. The van der Waals surface area contributed by atoms with Gasteiger partial charge in [0.15, 0.2) is 5.78 Å². The molecule has 0 bridgehead atoms. The second kappa shape index (κ2) is 5.36. The van der Waals surface area contributed by atoms with E-state index in [1.54, 1.807) is 17.1 Å². The summed E-state index contributed by atoms with van der Waals surface area (Å²) in [6, 6.07) is 9.77. The van der Waals surface area contributed by atoms with E-state index in [2.05, 4.69) is 5.10 Å². The van der Waals surface area contributed by atoms with E-state index in [9.17, 15) is 4.79 Å². The van der Waals surface area contributed by atoms with E-state index in [1.807, 2.05) is 30.3 Å². The Morgan fingerprint density at radius 1 is 1.37 bits per heavy atom. The number of carbonyl (C=O) groups is 1. The number of para-hydroxylation sites is 1. The molecule has 1 aliphatic heterocycles. The molecule has 3 rings (SSSR count). The number of aromatic nitrogens is 2. The van der Waals surface area contributed by atoms with E-state index in [0.717, 1.165) is 25.1 Å². The maximum Gasteiger partial charge on any atom is 0.168 e. The number of nitrogens with zero attached hydrogens (tertiary/aromatic N) is 2. The summed E-state index contributed by atoms with van der Waals surface area (Å²) in [5, 5.41) is 4.24. The van der Waals surface area contributed by atoms with Crippen LogP contribution in [0.3, 0.4) is 0 Å². The van der Waals surface area contributed by atoms with E-state index < -0.39 is 0 Å². The molecule has 1 atom stereocenters. The Bertz CT molecular complexity index is 557. The van der Waals surface area contributed by atoms with Gasteiger partial charge in [0, 0.05) is 19.2 Å². The van der Waals surface area contributed by atoms with Crippen molar-refractivity contribution in [2.45, 2.75) is 25.4 Å². The number of hydrogen-bond donors (Lipinski definition) is 0. The first-order chi connectivity index (χ1) is 9.33. The molecule has 4 nitrogen and oxygen atoms in total. The lowest BCUT2D eigenvalue weighted by atomic mass is 10.1. The van der Waals surface area contributed by atoms with Gasteiger partial charge in [-0.2, -0.15) is 5.10 Å². The van der Waals surface area contributed by atoms with Crippen LogP contribution in [0.4, 0.5) is 0 Å². The van der Waals surface area contributed by atoms with Gasteiger partial charge in [0.2, 0.25) is 0 Å². The molecule has 1 aromatic carbocycles. The number of hydrogen-bond acceptors (Lipinski definition) is 3. The molecule has 0 amide bonds. The summed E-state index contributed by atoms with van der Waals surface area (Å²) in [6.07, 6.45) is 6.00. The van der Waals surface area contributed by atoms with E-state index in [0.29, 0.717) is 12.0 Å². The zero-order valence-corrected chi connectivity index (χ0v) is 10.7. The first-order valence-electron chi connectivity index (χ1n) is 6.58. The van der Waals surface area contributed by atoms with E-state index in [4.69, 9.17) is 4.74 Å². The minimum Gasteiger partial charge on any atom is -0.378 e. The van der Waals surface area contributed by atoms with Crippen molar-refractivity contribution < 1.29 is 9.53 Å². The van der Waals surface area contributed by atoms with Gasteiger partial charge in [-0.3, -0.25) is 4.79 Å². The largest absolute Gasteiger partial charge is 0.378 e. The maximum absolute atomic E-state index is 12.1. The van der Waals surface area contributed by atoms with Crippen LogP contribution in [-0.4, -0.2) is 28.3 Å². The van der Waals surface area contributed by atoms with Gasteiger partial charge in [-0.15, -0.1) is 0 Å². The summed E-state index contributed by atoms with van der Waals surface area (Å²) < 4.78 is 7.21. The van der Waals surface area contributed by atoms with Gasteiger partial charge in [-0.1, -0.05) is 18.2 Å². The van der Waals surface area contributed by atoms with E-state index >= 15 is 0 Å². The van der Waals surface area contributed by atoms with Gasteiger partial charge < -0.3 is 4.74 Å². The highest BCUT2D eigenvalue weighted by Gasteiger charge is 2.20. The number of ether oxygens (including phenoxy) is 1. The van der Waals surface area contributed by atoms with Gasteiger partial charge in [-0.05, 0) is 25.0 Å². The molecule has 0 N–H and O–H groups in total. The average Bonchev–Trinajstić information content (AvgIpc) is 3.10. The number of carbonyl (C=O) groups excluding carboxylic acids is 1. The molecule has 4 heteroatoms. The van der Waals surface area contributed by atoms with Crippen LogP contribution in [0.1, 0.15) is 29.6 Å². The van der Waals surface area contributed by atoms with Crippen molar-refractivity contribution in [3.8, 4) is 5.69 Å². The molecule has 1 fully saturated rings. The van der Waals surface area contributed by atoms with E-state index in [1.165, 1.54) is 0 Å². The molecule has 0 aliphatic carbocycles. The zero-order valence-electron chi connectivity index (χ0n) is 10.7. The van der Waals surface area contributed by atoms with Crippen LogP contribution in [0.2, 0.25) is 0 Å². The number of rotatable bonds is 4. The van der Waals surface area contributed by atoms with Gasteiger partial charge in [0.25, 0.3) is 0 Å². The summed E-state index contributed by atoms with van der Waals surface area (Å²) in [4.78, 5) is 12.1. The summed E-state index contributed by atoms with van der Waals surface area (Å²) in [5.41, 5.74) is 1.61. The topological polar surface area (TPSA) is 44.1 Å². The van der Waals surface area contributed by atoms with Crippen LogP contribution < -0.4 is 0 Å². The Morgan fingerprint density at radius 3 is 2.95 bits per heavy atom. The smallest absolute Gasteiger partial charge is 0.168 e. The number of ketones is 1. The fourth-order valence-electron chi connectivity index (χ4n) is 2.32. The minimum atomic E-state index is 0.0903. The van der Waals surface area contributed by atoms with Crippen LogP contribution >= 0.6 is 0 Å². The molecule has 1 saturated heterocycles. The molecule has 1 aromatic heterocycles. The molecular formula is C15H16N2O2. The van der Waals surface area contributed by atoms with Crippen LogP contribution in [0, 0.1) is 0 Å². The molecule has 98 valence electrons. The molecule has 1 unspecified atom stereocenters. The van der Waals surface area contributed by atoms with Crippen molar-refractivity contribution in [1.82, 2.24) is 9.78 Å². The molecule has 19 heavy (non-hydrogen) atoms. The van der Waals surface area contributed by atoms with Crippen molar-refractivity contribution in [3.63, 3.8) is 0 Å². The molecule has 2 heterocycles.